The number of nitrogens with one attached hydrogen (secondary N) is 1. The molecule has 0 bridgehead atoms. The van der Waals surface area contributed by atoms with Gasteiger partial charge in [0, 0.05) is 24.8 Å². The summed E-state index contributed by atoms with van der Waals surface area (Å²) < 4.78 is 5.86. The number of rotatable bonds is 6. The van der Waals surface area contributed by atoms with Gasteiger partial charge in [-0.05, 0) is 44.6 Å². The summed E-state index contributed by atoms with van der Waals surface area (Å²) in [6.07, 6.45) is 5.68. The van der Waals surface area contributed by atoms with E-state index in [9.17, 15) is 0 Å². The van der Waals surface area contributed by atoms with Crippen LogP contribution in [0.1, 0.15) is 31.7 Å². The zero-order valence-electron chi connectivity index (χ0n) is 12.1. The van der Waals surface area contributed by atoms with Gasteiger partial charge >= 0.3 is 0 Å². The zero-order chi connectivity index (χ0) is 13.5. The Morgan fingerprint density at radius 2 is 2.37 bits per heavy atom. The molecule has 2 rings (SSSR count). The normalized spacial score (nSPS) is 20.4. The van der Waals surface area contributed by atoms with Gasteiger partial charge in [-0.2, -0.15) is 0 Å². The van der Waals surface area contributed by atoms with Crippen LogP contribution in [0, 0.1) is 0 Å². The van der Waals surface area contributed by atoms with Crippen LogP contribution < -0.4 is 10.1 Å². The number of ether oxygens (including phenoxy) is 1. The smallest absolute Gasteiger partial charge is 0.213 e. The van der Waals surface area contributed by atoms with E-state index < -0.39 is 0 Å². The highest BCUT2D eigenvalue weighted by molar-refractivity contribution is 5.20. The Kier molecular flexibility index (Phi) is 5.61. The molecule has 1 aromatic heterocycles. The summed E-state index contributed by atoms with van der Waals surface area (Å²) >= 11 is 0. The highest BCUT2D eigenvalue weighted by Crippen LogP contribution is 2.17. The predicted molar refractivity (Wildman–Crippen MR) is 77.4 cm³/mol. The lowest BCUT2D eigenvalue weighted by atomic mass is 10.0. The first kappa shape index (κ1) is 14.3. The molecule has 2 heterocycles. The van der Waals surface area contributed by atoms with E-state index in [1.807, 2.05) is 18.3 Å². The molecule has 0 amide bonds. The van der Waals surface area contributed by atoms with Gasteiger partial charge in [0.05, 0.1) is 0 Å². The minimum atomic E-state index is 0.535. The van der Waals surface area contributed by atoms with Crippen molar-refractivity contribution in [2.75, 3.05) is 26.7 Å². The van der Waals surface area contributed by atoms with Crippen molar-refractivity contribution < 1.29 is 4.74 Å². The number of hydrogen-bond donors (Lipinski definition) is 1. The van der Waals surface area contributed by atoms with Crippen LogP contribution in [0.2, 0.25) is 0 Å². The van der Waals surface area contributed by atoms with Crippen molar-refractivity contribution in [3.05, 3.63) is 23.9 Å². The predicted octanol–water partition coefficient (Wildman–Crippen LogP) is 2.05. The van der Waals surface area contributed by atoms with E-state index in [4.69, 9.17) is 4.74 Å². The molecule has 1 saturated heterocycles. The average Bonchev–Trinajstić information content (AvgIpc) is 2.45. The number of piperidine rings is 1. The molecule has 1 N–H and O–H groups in total. The fourth-order valence-corrected chi connectivity index (χ4v) is 2.44. The van der Waals surface area contributed by atoms with E-state index in [1.165, 1.54) is 31.4 Å². The van der Waals surface area contributed by atoms with E-state index in [0.717, 1.165) is 25.6 Å². The Labute approximate surface area is 116 Å². The average molecular weight is 263 g/mol. The van der Waals surface area contributed by atoms with E-state index in [-0.39, 0.29) is 0 Å². The lowest BCUT2D eigenvalue weighted by molar-refractivity contribution is 0.122. The molecule has 1 atom stereocenters. The maximum atomic E-state index is 5.86. The van der Waals surface area contributed by atoms with Crippen molar-refractivity contribution in [1.82, 2.24) is 15.2 Å². The van der Waals surface area contributed by atoms with Crippen LogP contribution in [0.3, 0.4) is 0 Å². The van der Waals surface area contributed by atoms with E-state index in [2.05, 4.69) is 29.2 Å². The summed E-state index contributed by atoms with van der Waals surface area (Å²) in [6.45, 7) is 5.89. The Hall–Kier alpha value is -1.13. The van der Waals surface area contributed by atoms with Gasteiger partial charge in [0.25, 0.3) is 0 Å². The number of pyridine rings is 1. The van der Waals surface area contributed by atoms with Gasteiger partial charge < -0.3 is 15.0 Å². The number of likely N-dealkylation sites (N-methyl/N-ethyl adjacent to an activating group) is 1. The molecule has 1 fully saturated rings. The molecule has 1 aromatic rings. The Balaban J connectivity index is 1.84. The van der Waals surface area contributed by atoms with Crippen molar-refractivity contribution in [2.45, 2.75) is 38.8 Å². The molecule has 4 nitrogen and oxygen atoms in total. The van der Waals surface area contributed by atoms with Crippen LogP contribution in [-0.2, 0) is 6.54 Å². The van der Waals surface area contributed by atoms with E-state index in [0.29, 0.717) is 6.04 Å². The molecule has 0 aromatic carbocycles. The quantitative estimate of drug-likeness (QED) is 0.852. The maximum absolute atomic E-state index is 5.86. The molecule has 0 saturated carbocycles. The maximum Gasteiger partial charge on any atom is 0.213 e. The van der Waals surface area contributed by atoms with E-state index >= 15 is 0 Å². The van der Waals surface area contributed by atoms with Gasteiger partial charge in [-0.25, -0.2) is 4.98 Å². The highest BCUT2D eigenvalue weighted by Gasteiger charge is 2.19. The summed E-state index contributed by atoms with van der Waals surface area (Å²) in [4.78, 5) is 6.68. The van der Waals surface area contributed by atoms with Crippen molar-refractivity contribution in [3.63, 3.8) is 0 Å². The molecule has 19 heavy (non-hydrogen) atoms. The number of likely N-dealkylation sites (tertiary alicyclic amines) is 1. The molecule has 1 aliphatic rings. The first-order valence-electron chi connectivity index (χ1n) is 7.28. The fraction of sp³-hybridized carbons (Fsp3) is 0.667. The Bertz CT molecular complexity index is 383. The summed E-state index contributed by atoms with van der Waals surface area (Å²) in [5.74, 6) is 0.745. The SMILES string of the molecule is CCNCc1ccnc(OCC2CCCCN2C)c1. The second kappa shape index (κ2) is 7.46. The first-order valence-corrected chi connectivity index (χ1v) is 7.28. The number of nitrogens with zero attached hydrogens (tertiary/aromatic N) is 2. The third kappa shape index (κ3) is 4.48. The van der Waals surface area contributed by atoms with Gasteiger partial charge in [0.15, 0.2) is 0 Å². The van der Waals surface area contributed by atoms with Crippen LogP contribution in [0.5, 0.6) is 5.88 Å². The standard InChI is InChI=1S/C15H25N3O/c1-3-16-11-13-7-8-17-15(10-13)19-12-14-6-4-5-9-18(14)2/h7-8,10,14,16H,3-6,9,11-12H2,1-2H3. The molecule has 0 spiro atoms. The zero-order valence-corrected chi connectivity index (χ0v) is 12.1. The molecule has 1 aliphatic heterocycles. The van der Waals surface area contributed by atoms with Crippen molar-refractivity contribution in [2.24, 2.45) is 0 Å². The van der Waals surface area contributed by atoms with Crippen molar-refractivity contribution in [1.29, 1.82) is 0 Å². The largest absolute Gasteiger partial charge is 0.476 e. The van der Waals surface area contributed by atoms with E-state index in [1.54, 1.807) is 0 Å². The van der Waals surface area contributed by atoms with Crippen LogP contribution in [0.15, 0.2) is 18.3 Å². The second-order valence-corrected chi connectivity index (χ2v) is 5.22. The summed E-state index contributed by atoms with van der Waals surface area (Å²) in [5, 5.41) is 3.31. The van der Waals surface area contributed by atoms with Gasteiger partial charge in [-0.15, -0.1) is 0 Å². The summed E-state index contributed by atoms with van der Waals surface area (Å²) in [6, 6.07) is 4.60. The molecule has 0 aliphatic carbocycles. The van der Waals surface area contributed by atoms with Gasteiger partial charge in [-0.3, -0.25) is 0 Å². The number of hydrogen-bond acceptors (Lipinski definition) is 4. The third-order valence-electron chi connectivity index (χ3n) is 3.72. The van der Waals surface area contributed by atoms with Crippen molar-refractivity contribution in [3.8, 4) is 5.88 Å². The molecular formula is C15H25N3O. The Morgan fingerprint density at radius 3 is 3.16 bits per heavy atom. The van der Waals surface area contributed by atoms with Crippen molar-refractivity contribution >= 4 is 0 Å². The summed E-state index contributed by atoms with van der Waals surface area (Å²) in [5.41, 5.74) is 1.23. The highest BCUT2D eigenvalue weighted by atomic mass is 16.5. The molecule has 4 heteroatoms. The Morgan fingerprint density at radius 1 is 1.47 bits per heavy atom. The van der Waals surface area contributed by atoms with Crippen LogP contribution in [0.4, 0.5) is 0 Å². The molecule has 106 valence electrons. The van der Waals surface area contributed by atoms with Crippen LogP contribution in [-0.4, -0.2) is 42.7 Å². The second-order valence-electron chi connectivity index (χ2n) is 5.22. The van der Waals surface area contributed by atoms with Gasteiger partial charge in [0.1, 0.15) is 6.61 Å². The summed E-state index contributed by atoms with van der Waals surface area (Å²) in [7, 11) is 2.18. The minimum Gasteiger partial charge on any atom is -0.476 e. The third-order valence-corrected chi connectivity index (χ3v) is 3.72. The lowest BCUT2D eigenvalue weighted by Crippen LogP contribution is -2.40. The lowest BCUT2D eigenvalue weighted by Gasteiger charge is -2.31. The monoisotopic (exact) mass is 263 g/mol. The molecule has 0 radical (unpaired) electrons. The van der Waals surface area contributed by atoms with Gasteiger partial charge in [0.2, 0.25) is 5.88 Å². The van der Waals surface area contributed by atoms with Gasteiger partial charge in [-0.1, -0.05) is 13.3 Å². The van der Waals surface area contributed by atoms with Crippen LogP contribution in [0.25, 0.3) is 0 Å². The first-order chi connectivity index (χ1) is 9.29. The van der Waals surface area contributed by atoms with Crippen LogP contribution >= 0.6 is 0 Å². The molecular weight excluding hydrogens is 238 g/mol. The topological polar surface area (TPSA) is 37.4 Å². The fourth-order valence-electron chi connectivity index (χ4n) is 2.44. The number of aromatic nitrogens is 1. The minimum absolute atomic E-state index is 0.535. The molecule has 1 unspecified atom stereocenters.